The first-order chi connectivity index (χ1) is 8.70. The van der Waals surface area contributed by atoms with Gasteiger partial charge in [-0.05, 0) is 49.6 Å². The lowest BCUT2D eigenvalue weighted by Crippen LogP contribution is -2.55. The van der Waals surface area contributed by atoms with Gasteiger partial charge >= 0.3 is 0 Å². The molecule has 0 bridgehead atoms. The number of hydrogen-bond acceptors (Lipinski definition) is 3. The summed E-state index contributed by atoms with van der Waals surface area (Å²) in [6.45, 7) is 3.29. The van der Waals surface area contributed by atoms with E-state index in [1.807, 2.05) is 6.92 Å². The third kappa shape index (κ3) is 3.00. The predicted octanol–water partition coefficient (Wildman–Crippen LogP) is 1.96. The van der Waals surface area contributed by atoms with E-state index in [4.69, 9.17) is 4.74 Å². The highest BCUT2D eigenvalue weighted by atomic mass is 19.1. The SMILES string of the molecule is CCNC(CO)(COc1ccc(F)cc1)C1CC1. The lowest BCUT2D eigenvalue weighted by atomic mass is 9.95. The standard InChI is InChI=1S/C14H20FNO2/c1-2-16-14(9-17,11-3-4-11)10-18-13-7-5-12(15)6-8-13/h5-8,11,16-17H,2-4,9-10H2,1H3. The van der Waals surface area contributed by atoms with Crippen molar-refractivity contribution < 1.29 is 14.2 Å². The van der Waals surface area contributed by atoms with Crippen molar-refractivity contribution in [3.63, 3.8) is 0 Å². The highest BCUT2D eigenvalue weighted by molar-refractivity contribution is 5.22. The van der Waals surface area contributed by atoms with Crippen LogP contribution in [0.1, 0.15) is 19.8 Å². The summed E-state index contributed by atoms with van der Waals surface area (Å²) in [6, 6.07) is 5.97. The molecule has 0 aliphatic heterocycles. The van der Waals surface area contributed by atoms with Gasteiger partial charge < -0.3 is 15.2 Å². The van der Waals surface area contributed by atoms with Gasteiger partial charge in [0.25, 0.3) is 0 Å². The van der Waals surface area contributed by atoms with Crippen LogP contribution in [0.15, 0.2) is 24.3 Å². The van der Waals surface area contributed by atoms with Crippen LogP contribution in [0.2, 0.25) is 0 Å². The third-order valence-electron chi connectivity index (χ3n) is 3.48. The summed E-state index contributed by atoms with van der Waals surface area (Å²) < 4.78 is 18.5. The molecule has 0 heterocycles. The highest BCUT2D eigenvalue weighted by Crippen LogP contribution is 2.39. The fourth-order valence-corrected chi connectivity index (χ4v) is 2.27. The molecule has 18 heavy (non-hydrogen) atoms. The van der Waals surface area contributed by atoms with Crippen LogP contribution in [-0.4, -0.2) is 30.4 Å². The largest absolute Gasteiger partial charge is 0.492 e. The van der Waals surface area contributed by atoms with Crippen LogP contribution in [0.25, 0.3) is 0 Å². The highest BCUT2D eigenvalue weighted by Gasteiger charge is 2.45. The molecule has 1 aromatic rings. The molecule has 2 rings (SSSR count). The fourth-order valence-electron chi connectivity index (χ4n) is 2.27. The number of ether oxygens (including phenoxy) is 1. The van der Waals surface area contributed by atoms with E-state index < -0.39 is 0 Å². The van der Waals surface area contributed by atoms with Crippen LogP contribution in [0, 0.1) is 11.7 Å². The zero-order valence-electron chi connectivity index (χ0n) is 10.7. The van der Waals surface area contributed by atoms with Crippen molar-refractivity contribution in [1.29, 1.82) is 0 Å². The molecule has 0 amide bonds. The minimum absolute atomic E-state index is 0.0622. The van der Waals surface area contributed by atoms with Gasteiger partial charge in [0, 0.05) is 0 Å². The number of hydrogen-bond donors (Lipinski definition) is 2. The molecule has 1 aromatic carbocycles. The number of likely N-dealkylation sites (N-methyl/N-ethyl adjacent to an activating group) is 1. The first kappa shape index (κ1) is 13.3. The second-order valence-corrected chi connectivity index (χ2v) is 4.86. The molecule has 0 spiro atoms. The summed E-state index contributed by atoms with van der Waals surface area (Å²) in [6.07, 6.45) is 2.25. The quantitative estimate of drug-likeness (QED) is 0.780. The molecule has 1 unspecified atom stereocenters. The fraction of sp³-hybridized carbons (Fsp3) is 0.571. The third-order valence-corrected chi connectivity index (χ3v) is 3.48. The molecular weight excluding hydrogens is 233 g/mol. The first-order valence-corrected chi connectivity index (χ1v) is 6.44. The van der Waals surface area contributed by atoms with Gasteiger partial charge in [-0.2, -0.15) is 0 Å². The Balaban J connectivity index is 1.98. The topological polar surface area (TPSA) is 41.5 Å². The van der Waals surface area contributed by atoms with Crippen molar-refractivity contribution in [2.24, 2.45) is 5.92 Å². The average molecular weight is 253 g/mol. The van der Waals surface area contributed by atoms with Gasteiger partial charge in [-0.3, -0.25) is 0 Å². The van der Waals surface area contributed by atoms with E-state index >= 15 is 0 Å². The Morgan fingerprint density at radius 3 is 2.56 bits per heavy atom. The van der Waals surface area contributed by atoms with E-state index in [2.05, 4.69) is 5.32 Å². The second-order valence-electron chi connectivity index (χ2n) is 4.86. The Hall–Kier alpha value is -1.13. The molecule has 2 N–H and O–H groups in total. The van der Waals surface area contributed by atoms with Crippen molar-refractivity contribution >= 4 is 0 Å². The summed E-state index contributed by atoms with van der Waals surface area (Å²) in [5.41, 5.74) is -0.358. The van der Waals surface area contributed by atoms with Gasteiger partial charge in [0.15, 0.2) is 0 Å². The Morgan fingerprint density at radius 2 is 2.06 bits per heavy atom. The number of rotatable bonds is 7. The van der Waals surface area contributed by atoms with Crippen molar-refractivity contribution in [1.82, 2.24) is 5.32 Å². The van der Waals surface area contributed by atoms with Gasteiger partial charge in [-0.15, -0.1) is 0 Å². The first-order valence-electron chi connectivity index (χ1n) is 6.44. The normalized spacial score (nSPS) is 18.4. The molecule has 1 atom stereocenters. The molecule has 1 aliphatic rings. The summed E-state index contributed by atoms with van der Waals surface area (Å²) in [4.78, 5) is 0. The molecule has 0 saturated heterocycles. The molecule has 4 heteroatoms. The lowest BCUT2D eigenvalue weighted by Gasteiger charge is -2.32. The van der Waals surface area contributed by atoms with Gasteiger partial charge in [0.2, 0.25) is 0 Å². The number of aliphatic hydroxyl groups is 1. The van der Waals surface area contributed by atoms with Crippen LogP contribution in [0.4, 0.5) is 4.39 Å². The van der Waals surface area contributed by atoms with Crippen molar-refractivity contribution in [2.45, 2.75) is 25.3 Å². The Labute approximate surface area is 107 Å². The smallest absolute Gasteiger partial charge is 0.123 e. The number of halogens is 1. The van der Waals surface area contributed by atoms with Crippen molar-refractivity contribution in [2.75, 3.05) is 19.8 Å². The molecule has 0 aromatic heterocycles. The molecule has 1 saturated carbocycles. The molecule has 1 aliphatic carbocycles. The van der Waals surface area contributed by atoms with Gasteiger partial charge in [0.05, 0.1) is 12.1 Å². The maximum atomic E-state index is 12.8. The Bertz CT molecular complexity index is 378. The summed E-state index contributed by atoms with van der Waals surface area (Å²) in [7, 11) is 0. The Kier molecular flexibility index (Phi) is 4.19. The van der Waals surface area contributed by atoms with E-state index in [1.54, 1.807) is 12.1 Å². The van der Waals surface area contributed by atoms with Crippen molar-refractivity contribution in [3.05, 3.63) is 30.1 Å². The zero-order chi connectivity index (χ0) is 13.0. The second kappa shape index (κ2) is 5.67. The molecule has 3 nitrogen and oxygen atoms in total. The van der Waals surface area contributed by atoms with E-state index in [0.717, 1.165) is 19.4 Å². The molecule has 1 fully saturated rings. The number of benzene rings is 1. The maximum absolute atomic E-state index is 12.8. The molecule has 0 radical (unpaired) electrons. The zero-order valence-corrected chi connectivity index (χ0v) is 10.7. The molecular formula is C14H20FNO2. The number of nitrogens with one attached hydrogen (secondary N) is 1. The van der Waals surface area contributed by atoms with Crippen LogP contribution in [0.5, 0.6) is 5.75 Å². The maximum Gasteiger partial charge on any atom is 0.123 e. The summed E-state index contributed by atoms with van der Waals surface area (Å²) in [5, 5.41) is 13.0. The Morgan fingerprint density at radius 1 is 1.39 bits per heavy atom. The number of aliphatic hydroxyl groups excluding tert-OH is 1. The monoisotopic (exact) mass is 253 g/mol. The predicted molar refractivity (Wildman–Crippen MR) is 68.1 cm³/mol. The average Bonchev–Trinajstić information content (AvgIpc) is 3.21. The van der Waals surface area contributed by atoms with Crippen LogP contribution < -0.4 is 10.1 Å². The van der Waals surface area contributed by atoms with Gasteiger partial charge in [-0.25, -0.2) is 4.39 Å². The van der Waals surface area contributed by atoms with E-state index in [1.165, 1.54) is 12.1 Å². The minimum Gasteiger partial charge on any atom is -0.492 e. The van der Waals surface area contributed by atoms with E-state index in [0.29, 0.717) is 18.3 Å². The minimum atomic E-state index is -0.358. The summed E-state index contributed by atoms with van der Waals surface area (Å²) >= 11 is 0. The van der Waals surface area contributed by atoms with Crippen LogP contribution in [-0.2, 0) is 0 Å². The van der Waals surface area contributed by atoms with Crippen molar-refractivity contribution in [3.8, 4) is 5.75 Å². The van der Waals surface area contributed by atoms with Crippen LogP contribution in [0.3, 0.4) is 0 Å². The lowest BCUT2D eigenvalue weighted by molar-refractivity contribution is 0.0864. The van der Waals surface area contributed by atoms with E-state index in [9.17, 15) is 9.50 Å². The van der Waals surface area contributed by atoms with Gasteiger partial charge in [0.1, 0.15) is 18.2 Å². The van der Waals surface area contributed by atoms with Gasteiger partial charge in [-0.1, -0.05) is 6.92 Å². The van der Waals surface area contributed by atoms with Crippen LogP contribution >= 0.6 is 0 Å². The summed E-state index contributed by atoms with van der Waals surface area (Å²) in [5.74, 6) is 0.834. The van der Waals surface area contributed by atoms with E-state index in [-0.39, 0.29) is 18.0 Å². The molecule has 100 valence electrons.